The topological polar surface area (TPSA) is 24.9 Å². The van der Waals surface area contributed by atoms with E-state index in [4.69, 9.17) is 18.0 Å². The van der Waals surface area contributed by atoms with Crippen LogP contribution < -0.4 is 5.32 Å². The van der Waals surface area contributed by atoms with E-state index in [9.17, 15) is 0 Å². The molecule has 0 aliphatic heterocycles. The SMILES string of the molecule is C#CCC(C)Nc1ccncc1Cl. The summed E-state index contributed by atoms with van der Waals surface area (Å²) >= 11 is 5.89. The lowest BCUT2D eigenvalue weighted by Crippen LogP contribution is -2.14. The van der Waals surface area contributed by atoms with Crippen LogP contribution in [0.15, 0.2) is 18.5 Å². The number of pyridine rings is 1. The number of hydrogen-bond donors (Lipinski definition) is 1. The molecule has 0 aliphatic carbocycles. The fourth-order valence-electron chi connectivity index (χ4n) is 0.986. The highest BCUT2D eigenvalue weighted by molar-refractivity contribution is 6.33. The second-order valence-electron chi connectivity index (χ2n) is 2.81. The molecule has 2 nitrogen and oxygen atoms in total. The number of aromatic nitrogens is 1. The Labute approximate surface area is 83.3 Å². The van der Waals surface area contributed by atoms with Crippen LogP contribution in [0.25, 0.3) is 0 Å². The molecule has 1 rings (SSSR count). The fraction of sp³-hybridized carbons (Fsp3) is 0.300. The van der Waals surface area contributed by atoms with Crippen molar-refractivity contribution in [2.45, 2.75) is 19.4 Å². The quantitative estimate of drug-likeness (QED) is 0.749. The van der Waals surface area contributed by atoms with Crippen molar-refractivity contribution in [1.29, 1.82) is 0 Å². The summed E-state index contributed by atoms with van der Waals surface area (Å²) in [6.07, 6.45) is 9.16. The molecule has 68 valence electrons. The predicted octanol–water partition coefficient (Wildman–Crippen LogP) is 2.56. The first-order valence-corrected chi connectivity index (χ1v) is 4.41. The van der Waals surface area contributed by atoms with E-state index in [1.54, 1.807) is 12.4 Å². The van der Waals surface area contributed by atoms with Gasteiger partial charge < -0.3 is 5.32 Å². The summed E-state index contributed by atoms with van der Waals surface area (Å²) in [5.74, 6) is 2.59. The van der Waals surface area contributed by atoms with Crippen LogP contribution in [-0.2, 0) is 0 Å². The van der Waals surface area contributed by atoms with E-state index in [1.807, 2.05) is 13.0 Å². The van der Waals surface area contributed by atoms with Crippen LogP contribution in [0.5, 0.6) is 0 Å². The van der Waals surface area contributed by atoms with E-state index in [0.29, 0.717) is 11.4 Å². The highest BCUT2D eigenvalue weighted by atomic mass is 35.5. The second-order valence-corrected chi connectivity index (χ2v) is 3.22. The van der Waals surface area contributed by atoms with Crippen LogP contribution >= 0.6 is 11.6 Å². The van der Waals surface area contributed by atoms with Crippen molar-refractivity contribution < 1.29 is 0 Å². The number of halogens is 1. The zero-order valence-corrected chi connectivity index (χ0v) is 8.17. The summed E-state index contributed by atoms with van der Waals surface area (Å²) < 4.78 is 0. The van der Waals surface area contributed by atoms with Crippen molar-refractivity contribution in [3.05, 3.63) is 23.5 Å². The molecule has 0 spiro atoms. The van der Waals surface area contributed by atoms with Crippen molar-refractivity contribution in [2.75, 3.05) is 5.32 Å². The summed E-state index contributed by atoms with van der Waals surface area (Å²) in [5.41, 5.74) is 0.874. The summed E-state index contributed by atoms with van der Waals surface area (Å²) in [6, 6.07) is 2.06. The molecule has 1 unspecified atom stereocenters. The second kappa shape index (κ2) is 4.74. The smallest absolute Gasteiger partial charge is 0.0820 e. The lowest BCUT2D eigenvalue weighted by Gasteiger charge is -2.12. The number of rotatable bonds is 3. The molecule has 1 aromatic heterocycles. The van der Waals surface area contributed by atoms with Gasteiger partial charge in [-0.1, -0.05) is 11.6 Å². The minimum Gasteiger partial charge on any atom is -0.380 e. The molecule has 0 saturated carbocycles. The van der Waals surface area contributed by atoms with E-state index in [1.165, 1.54) is 0 Å². The lowest BCUT2D eigenvalue weighted by atomic mass is 10.2. The first kappa shape index (κ1) is 9.88. The summed E-state index contributed by atoms with van der Waals surface area (Å²) in [5, 5.41) is 3.81. The van der Waals surface area contributed by atoms with Crippen molar-refractivity contribution in [3.63, 3.8) is 0 Å². The maximum Gasteiger partial charge on any atom is 0.0820 e. The maximum atomic E-state index is 5.89. The third-order valence-electron chi connectivity index (χ3n) is 1.60. The van der Waals surface area contributed by atoms with Gasteiger partial charge in [-0.3, -0.25) is 4.98 Å². The number of nitrogens with zero attached hydrogens (tertiary/aromatic N) is 1. The molecule has 0 saturated heterocycles. The predicted molar refractivity (Wildman–Crippen MR) is 55.8 cm³/mol. The normalized spacial score (nSPS) is 11.8. The van der Waals surface area contributed by atoms with E-state index >= 15 is 0 Å². The number of terminal acetylenes is 1. The minimum atomic E-state index is 0.227. The van der Waals surface area contributed by atoms with Crippen LogP contribution in [0, 0.1) is 12.3 Å². The van der Waals surface area contributed by atoms with Gasteiger partial charge in [0.1, 0.15) is 0 Å². The Kier molecular flexibility index (Phi) is 3.60. The van der Waals surface area contributed by atoms with Crippen LogP contribution in [0.3, 0.4) is 0 Å². The summed E-state index contributed by atoms with van der Waals surface area (Å²) in [4.78, 5) is 3.89. The molecule has 1 atom stereocenters. The third-order valence-corrected chi connectivity index (χ3v) is 1.90. The standard InChI is InChI=1S/C10H11ClN2/c1-3-4-8(2)13-10-5-6-12-7-9(10)11/h1,5-8H,4H2,2H3,(H,12,13). The van der Waals surface area contributed by atoms with Gasteiger partial charge in [0.25, 0.3) is 0 Å². The zero-order valence-electron chi connectivity index (χ0n) is 7.42. The number of nitrogens with one attached hydrogen (secondary N) is 1. The van der Waals surface area contributed by atoms with E-state index < -0.39 is 0 Å². The molecule has 0 amide bonds. The average Bonchev–Trinajstić information content (AvgIpc) is 2.09. The van der Waals surface area contributed by atoms with Crippen molar-refractivity contribution >= 4 is 17.3 Å². The molecule has 1 aromatic rings. The maximum absolute atomic E-state index is 5.89. The van der Waals surface area contributed by atoms with Crippen molar-refractivity contribution in [1.82, 2.24) is 4.98 Å². The average molecular weight is 195 g/mol. The van der Waals surface area contributed by atoms with Crippen LogP contribution in [-0.4, -0.2) is 11.0 Å². The van der Waals surface area contributed by atoms with Gasteiger partial charge in [0.2, 0.25) is 0 Å². The minimum absolute atomic E-state index is 0.227. The summed E-state index contributed by atoms with van der Waals surface area (Å²) in [7, 11) is 0. The Morgan fingerprint density at radius 1 is 1.77 bits per heavy atom. The fourth-order valence-corrected chi connectivity index (χ4v) is 1.16. The van der Waals surface area contributed by atoms with Gasteiger partial charge in [-0.15, -0.1) is 12.3 Å². The zero-order chi connectivity index (χ0) is 9.68. The van der Waals surface area contributed by atoms with Gasteiger partial charge in [0.05, 0.1) is 10.7 Å². The molecule has 13 heavy (non-hydrogen) atoms. The first-order valence-electron chi connectivity index (χ1n) is 4.03. The lowest BCUT2D eigenvalue weighted by molar-refractivity contribution is 0.828. The van der Waals surface area contributed by atoms with Gasteiger partial charge in [0.15, 0.2) is 0 Å². The van der Waals surface area contributed by atoms with Gasteiger partial charge in [-0.25, -0.2) is 0 Å². The van der Waals surface area contributed by atoms with Crippen LogP contribution in [0.1, 0.15) is 13.3 Å². The Morgan fingerprint density at radius 3 is 3.15 bits per heavy atom. The first-order chi connectivity index (χ1) is 6.24. The summed E-state index contributed by atoms with van der Waals surface area (Å²) in [6.45, 7) is 2.01. The molecule has 1 N–H and O–H groups in total. The molecule has 0 aromatic carbocycles. The molecular formula is C10H11ClN2. The van der Waals surface area contributed by atoms with Gasteiger partial charge in [-0.2, -0.15) is 0 Å². The van der Waals surface area contributed by atoms with Gasteiger partial charge in [-0.05, 0) is 13.0 Å². The highest BCUT2D eigenvalue weighted by Gasteiger charge is 2.02. The molecular weight excluding hydrogens is 184 g/mol. The van der Waals surface area contributed by atoms with Crippen LogP contribution in [0.4, 0.5) is 5.69 Å². The monoisotopic (exact) mass is 194 g/mol. The highest BCUT2D eigenvalue weighted by Crippen LogP contribution is 2.20. The molecule has 0 aliphatic rings. The molecule has 0 radical (unpaired) electrons. The molecule has 3 heteroatoms. The molecule has 0 fully saturated rings. The van der Waals surface area contributed by atoms with Gasteiger partial charge >= 0.3 is 0 Å². The van der Waals surface area contributed by atoms with Crippen molar-refractivity contribution in [3.8, 4) is 12.3 Å². The van der Waals surface area contributed by atoms with Crippen LogP contribution in [0.2, 0.25) is 5.02 Å². The van der Waals surface area contributed by atoms with E-state index in [2.05, 4.69) is 16.2 Å². The van der Waals surface area contributed by atoms with E-state index in [0.717, 1.165) is 5.69 Å². The number of hydrogen-bond acceptors (Lipinski definition) is 2. The van der Waals surface area contributed by atoms with E-state index in [-0.39, 0.29) is 6.04 Å². The van der Waals surface area contributed by atoms with Gasteiger partial charge in [0, 0.05) is 24.9 Å². The Balaban J connectivity index is 2.64. The Morgan fingerprint density at radius 2 is 2.54 bits per heavy atom. The largest absolute Gasteiger partial charge is 0.380 e. The van der Waals surface area contributed by atoms with Crippen molar-refractivity contribution in [2.24, 2.45) is 0 Å². The molecule has 1 heterocycles. The Hall–Kier alpha value is -1.20. The third kappa shape index (κ3) is 2.96. The number of anilines is 1. The Bertz CT molecular complexity index is 317. The molecule has 0 bridgehead atoms.